The van der Waals surface area contributed by atoms with Gasteiger partial charge in [-0.1, -0.05) is 30.7 Å². The number of aryl methyl sites for hydroxylation is 1. The number of rotatable bonds is 11. The molecule has 0 spiro atoms. The zero-order valence-corrected chi connectivity index (χ0v) is 24.6. The second-order valence-corrected chi connectivity index (χ2v) is 10.2. The highest BCUT2D eigenvalue weighted by atomic mass is 35.5. The minimum atomic E-state index is -0.562. The van der Waals surface area contributed by atoms with Gasteiger partial charge in [-0.2, -0.15) is 0 Å². The lowest BCUT2D eigenvalue weighted by Crippen LogP contribution is -2.46. The highest BCUT2D eigenvalue weighted by Crippen LogP contribution is 2.20. The van der Waals surface area contributed by atoms with Crippen LogP contribution in [0.5, 0.6) is 0 Å². The smallest absolute Gasteiger partial charge is 0.317 e. The number of amides is 3. The molecule has 11 heteroatoms. The summed E-state index contributed by atoms with van der Waals surface area (Å²) in [6.45, 7) is 5.80. The quantitative estimate of drug-likeness (QED) is 0.281. The molecule has 2 atom stereocenters. The number of hydrogen-bond acceptors (Lipinski definition) is 5. The van der Waals surface area contributed by atoms with Crippen LogP contribution in [-0.2, 0) is 16.1 Å². The van der Waals surface area contributed by atoms with Crippen molar-refractivity contribution in [2.45, 2.75) is 65.1 Å². The minimum Gasteiger partial charge on any atom is -0.354 e. The number of nitrogens with zero attached hydrogens (tertiary/aromatic N) is 2. The van der Waals surface area contributed by atoms with E-state index in [1.165, 1.54) is 29.2 Å². The molecule has 8 nitrogen and oxygen atoms in total. The van der Waals surface area contributed by atoms with E-state index in [0.29, 0.717) is 24.9 Å². The molecular weight excluding hydrogens is 552 g/mol. The zero-order chi connectivity index (χ0) is 30.5. The van der Waals surface area contributed by atoms with Crippen LogP contribution in [0.2, 0.25) is 5.02 Å². The fourth-order valence-electron chi connectivity index (χ4n) is 3.87. The van der Waals surface area contributed by atoms with Crippen LogP contribution in [0, 0.1) is 18.6 Å². The maximum atomic E-state index is 13.5. The third kappa shape index (κ3) is 11.4. The van der Waals surface area contributed by atoms with Crippen molar-refractivity contribution in [1.82, 2.24) is 20.5 Å². The lowest BCUT2D eigenvalue weighted by molar-refractivity contribution is -0.123. The summed E-state index contributed by atoms with van der Waals surface area (Å²) < 4.78 is 26.3. The maximum Gasteiger partial charge on any atom is 0.317 e. The minimum absolute atomic E-state index is 0.0390. The van der Waals surface area contributed by atoms with Gasteiger partial charge in [0.05, 0.1) is 5.02 Å². The summed E-state index contributed by atoms with van der Waals surface area (Å²) in [6.07, 6.45) is 2.84. The summed E-state index contributed by atoms with van der Waals surface area (Å²) in [4.78, 5) is 42.0. The van der Waals surface area contributed by atoms with Crippen molar-refractivity contribution in [3.05, 3.63) is 76.6 Å². The molecule has 0 aliphatic heterocycles. The Morgan fingerprint density at radius 2 is 1.83 bits per heavy atom. The van der Waals surface area contributed by atoms with Gasteiger partial charge in [0.1, 0.15) is 17.4 Å². The summed E-state index contributed by atoms with van der Waals surface area (Å²) >= 11 is 5.91. The molecule has 1 aromatic heterocycles. The number of ketones is 1. The number of nitrogens with two attached hydrogens (primary N) is 1. The summed E-state index contributed by atoms with van der Waals surface area (Å²) in [5.74, 6) is -0.947. The molecule has 3 amide bonds. The Balaban J connectivity index is 0.000000401. The zero-order valence-electron chi connectivity index (χ0n) is 23.8. The van der Waals surface area contributed by atoms with Gasteiger partial charge in [0.15, 0.2) is 0 Å². The number of carbonyl (C=O) groups is 3. The molecule has 4 N–H and O–H groups in total. The Morgan fingerprint density at radius 3 is 2.51 bits per heavy atom. The number of Topliss-reactive ketones (excluding diaryl/α,β-unsaturated/α-hetero) is 1. The van der Waals surface area contributed by atoms with Crippen molar-refractivity contribution in [1.29, 1.82) is 0 Å². The third-order valence-electron chi connectivity index (χ3n) is 6.34. The largest absolute Gasteiger partial charge is 0.354 e. The van der Waals surface area contributed by atoms with Gasteiger partial charge < -0.3 is 21.3 Å². The molecule has 3 aromatic rings. The highest BCUT2D eigenvalue weighted by molar-refractivity contribution is 6.31. The van der Waals surface area contributed by atoms with Gasteiger partial charge in [0.2, 0.25) is 5.91 Å². The van der Waals surface area contributed by atoms with Gasteiger partial charge in [0, 0.05) is 68.8 Å². The summed E-state index contributed by atoms with van der Waals surface area (Å²) in [7, 11) is 1.56. The molecular formula is C30H38ClF2N5O3. The normalized spacial score (nSPS) is 12.1. The lowest BCUT2D eigenvalue weighted by Gasteiger charge is -2.28. The molecule has 0 aliphatic rings. The Bertz CT molecular complexity index is 1300. The van der Waals surface area contributed by atoms with Gasteiger partial charge in [0.25, 0.3) is 0 Å². The van der Waals surface area contributed by atoms with Crippen LogP contribution in [0.1, 0.15) is 50.8 Å². The monoisotopic (exact) mass is 589 g/mol. The van der Waals surface area contributed by atoms with E-state index >= 15 is 0 Å². The van der Waals surface area contributed by atoms with Gasteiger partial charge in [-0.05, 0) is 61.5 Å². The van der Waals surface area contributed by atoms with Crippen LogP contribution in [0.3, 0.4) is 0 Å². The first-order valence-corrected chi connectivity index (χ1v) is 13.8. The van der Waals surface area contributed by atoms with E-state index in [9.17, 15) is 23.2 Å². The van der Waals surface area contributed by atoms with E-state index in [1.54, 1.807) is 39.2 Å². The lowest BCUT2D eigenvalue weighted by atomic mass is 10.0. The molecule has 1 heterocycles. The average molecular weight is 590 g/mol. The third-order valence-corrected chi connectivity index (χ3v) is 6.77. The topological polar surface area (TPSA) is 117 Å². The van der Waals surface area contributed by atoms with E-state index in [1.807, 2.05) is 13.0 Å². The van der Waals surface area contributed by atoms with Crippen LogP contribution < -0.4 is 16.4 Å². The van der Waals surface area contributed by atoms with Crippen LogP contribution >= 0.6 is 11.6 Å². The number of nitrogens with one attached hydrogen (secondary N) is 2. The highest BCUT2D eigenvalue weighted by Gasteiger charge is 2.23. The molecule has 0 saturated carbocycles. The Hall–Kier alpha value is -3.63. The Labute approximate surface area is 244 Å². The number of fused-ring (bicyclic) bond motifs is 1. The molecule has 1 unspecified atom stereocenters. The molecule has 2 aromatic carbocycles. The van der Waals surface area contributed by atoms with E-state index in [4.69, 9.17) is 17.3 Å². The first-order chi connectivity index (χ1) is 19.4. The molecule has 0 fully saturated rings. The van der Waals surface area contributed by atoms with E-state index in [-0.39, 0.29) is 48.0 Å². The molecule has 0 saturated heterocycles. The number of carbonyl (C=O) groups excluding carboxylic acids is 3. The number of halogens is 3. The number of urea groups is 1. The van der Waals surface area contributed by atoms with Gasteiger partial charge in [-0.15, -0.1) is 0 Å². The predicted octanol–water partition coefficient (Wildman–Crippen LogP) is 5.28. The first-order valence-electron chi connectivity index (χ1n) is 13.4. The van der Waals surface area contributed by atoms with Crippen molar-refractivity contribution < 1.29 is 23.2 Å². The number of pyridine rings is 1. The predicted molar refractivity (Wildman–Crippen MR) is 157 cm³/mol. The molecule has 222 valence electrons. The van der Waals surface area contributed by atoms with E-state index < -0.39 is 17.9 Å². The van der Waals surface area contributed by atoms with Crippen molar-refractivity contribution in [3.8, 4) is 0 Å². The van der Waals surface area contributed by atoms with Crippen LogP contribution in [0.4, 0.5) is 13.6 Å². The van der Waals surface area contributed by atoms with Gasteiger partial charge in [-0.25, -0.2) is 13.6 Å². The van der Waals surface area contributed by atoms with Crippen LogP contribution in [0.25, 0.3) is 10.8 Å². The van der Waals surface area contributed by atoms with Crippen molar-refractivity contribution >= 4 is 40.1 Å². The molecule has 0 radical (unpaired) electrons. The number of benzene rings is 2. The molecule has 0 aliphatic carbocycles. The van der Waals surface area contributed by atoms with E-state index in [0.717, 1.165) is 16.5 Å². The van der Waals surface area contributed by atoms with Gasteiger partial charge in [-0.3, -0.25) is 14.6 Å². The van der Waals surface area contributed by atoms with Crippen molar-refractivity contribution in [2.75, 3.05) is 13.6 Å². The molecule has 41 heavy (non-hydrogen) atoms. The fraction of sp³-hybridized carbons (Fsp3) is 0.400. The standard InChI is InChI=1S/C20H30ClFN4O3.C10H8FN/c1-4-16(27)9-8-15(10-18(28)24-11-13(2)23)26(3)20(29)25-12-14-6-5-7-17(22)19(14)21;1-7-4-9-5-10(11)3-2-8(9)6-12-7/h5-7,13,15H,4,8-12,23H2,1-3H3,(H,24,28)(H,25,29);2-6H,1H3/t13-,15?;/m0./s1. The number of hydrogen-bond donors (Lipinski definition) is 3. The molecule has 0 bridgehead atoms. The van der Waals surface area contributed by atoms with Crippen molar-refractivity contribution in [2.24, 2.45) is 5.73 Å². The second-order valence-electron chi connectivity index (χ2n) is 9.87. The Kier molecular flexibility index (Phi) is 13.6. The number of aromatic nitrogens is 1. The average Bonchev–Trinajstić information content (AvgIpc) is 2.94. The van der Waals surface area contributed by atoms with Crippen molar-refractivity contribution in [3.63, 3.8) is 0 Å². The summed E-state index contributed by atoms with van der Waals surface area (Å²) in [5.41, 5.74) is 7.00. The molecule has 3 rings (SSSR count). The van der Waals surface area contributed by atoms with Crippen LogP contribution in [-0.4, -0.2) is 53.3 Å². The van der Waals surface area contributed by atoms with E-state index in [2.05, 4.69) is 15.6 Å². The summed E-state index contributed by atoms with van der Waals surface area (Å²) in [6, 6.07) is 9.83. The first kappa shape index (κ1) is 33.6. The Morgan fingerprint density at radius 1 is 1.10 bits per heavy atom. The van der Waals surface area contributed by atoms with Crippen LogP contribution in [0.15, 0.2) is 48.7 Å². The maximum absolute atomic E-state index is 13.5. The fourth-order valence-corrected chi connectivity index (χ4v) is 4.06. The summed E-state index contributed by atoms with van der Waals surface area (Å²) in [5, 5.41) is 7.22. The van der Waals surface area contributed by atoms with Gasteiger partial charge >= 0.3 is 6.03 Å². The SMILES string of the molecule is CCC(=O)CCC(CC(=O)NC[C@H](C)N)N(C)C(=O)NCc1cccc(F)c1Cl.Cc1cc2cc(F)ccc2cn1. The second kappa shape index (κ2) is 16.6.